The average Bonchev–Trinajstić information content (AvgIpc) is 3.29. The summed E-state index contributed by atoms with van der Waals surface area (Å²) in [4.78, 5) is 39.0. The van der Waals surface area contributed by atoms with Gasteiger partial charge in [0.1, 0.15) is 12.2 Å². The van der Waals surface area contributed by atoms with Crippen molar-refractivity contribution in [1.29, 1.82) is 0 Å². The van der Waals surface area contributed by atoms with Crippen LogP contribution in [0.4, 0.5) is 4.79 Å². The summed E-state index contributed by atoms with van der Waals surface area (Å²) in [7, 11) is 1.52. The van der Waals surface area contributed by atoms with Crippen molar-refractivity contribution in [2.45, 2.75) is 45.3 Å². The number of amides is 4. The first-order valence-electron chi connectivity index (χ1n) is 10.8. The van der Waals surface area contributed by atoms with Gasteiger partial charge in [0, 0.05) is 6.04 Å². The molecule has 8 heteroatoms. The average molecular weight is 513 g/mol. The number of rotatable bonds is 6. The van der Waals surface area contributed by atoms with Crippen molar-refractivity contribution in [3.05, 3.63) is 63.1 Å². The minimum Gasteiger partial charge on any atom is -0.493 e. The molecule has 0 spiro atoms. The van der Waals surface area contributed by atoms with Gasteiger partial charge in [-0.2, -0.15) is 0 Å². The molecule has 0 radical (unpaired) electrons. The summed E-state index contributed by atoms with van der Waals surface area (Å²) in [6.45, 7) is 2.38. The number of nitrogens with one attached hydrogen (secondary N) is 1. The van der Waals surface area contributed by atoms with Crippen LogP contribution in [0, 0.1) is 6.92 Å². The molecule has 2 aromatic rings. The molecule has 2 aromatic carbocycles. The summed E-state index contributed by atoms with van der Waals surface area (Å²) in [5, 5.41) is 2.30. The number of halogens is 1. The molecule has 7 nitrogen and oxygen atoms in total. The minimum atomic E-state index is -0.700. The highest BCUT2D eigenvalue weighted by molar-refractivity contribution is 9.10. The van der Waals surface area contributed by atoms with Gasteiger partial charge in [-0.15, -0.1) is 0 Å². The second-order valence-electron chi connectivity index (χ2n) is 8.24. The van der Waals surface area contributed by atoms with Gasteiger partial charge >= 0.3 is 6.03 Å². The maximum atomic E-state index is 13.0. The minimum absolute atomic E-state index is 0.0797. The first-order chi connectivity index (χ1) is 15.9. The van der Waals surface area contributed by atoms with Crippen LogP contribution < -0.4 is 14.8 Å². The van der Waals surface area contributed by atoms with E-state index < -0.39 is 17.8 Å². The number of aryl methyl sites for hydroxylation is 1. The molecule has 1 saturated carbocycles. The number of hydrogen-bond acceptors (Lipinski definition) is 5. The van der Waals surface area contributed by atoms with E-state index in [2.05, 4.69) is 21.2 Å². The fourth-order valence-corrected chi connectivity index (χ4v) is 4.83. The zero-order chi connectivity index (χ0) is 23.5. The van der Waals surface area contributed by atoms with Crippen molar-refractivity contribution < 1.29 is 23.9 Å². The van der Waals surface area contributed by atoms with E-state index in [9.17, 15) is 14.4 Å². The Morgan fingerprint density at radius 1 is 1.15 bits per heavy atom. The van der Waals surface area contributed by atoms with E-state index in [1.54, 1.807) is 12.1 Å². The highest BCUT2D eigenvalue weighted by Gasteiger charge is 2.40. The number of carbonyl (C=O) groups is 3. The number of carbonyl (C=O) groups excluding carboxylic acids is 3. The number of methoxy groups -OCH3 is 1. The van der Waals surface area contributed by atoms with Crippen LogP contribution in [0.15, 0.2) is 46.4 Å². The molecule has 172 valence electrons. The van der Waals surface area contributed by atoms with Crippen molar-refractivity contribution in [3.63, 3.8) is 0 Å². The SMILES string of the molecule is COc1cc(/C=C2\C(=O)NC(=O)N(C3CCCC3)C2=O)cc(Br)c1OCc1cccc(C)c1. The maximum Gasteiger partial charge on any atom is 0.331 e. The van der Waals surface area contributed by atoms with Crippen LogP contribution >= 0.6 is 15.9 Å². The topological polar surface area (TPSA) is 84.9 Å². The largest absolute Gasteiger partial charge is 0.493 e. The van der Waals surface area contributed by atoms with Crippen LogP contribution in [-0.4, -0.2) is 35.9 Å². The molecule has 0 bridgehead atoms. The molecule has 0 aromatic heterocycles. The molecule has 1 heterocycles. The Bertz CT molecular complexity index is 1140. The number of hydrogen-bond donors (Lipinski definition) is 1. The smallest absolute Gasteiger partial charge is 0.331 e. The van der Waals surface area contributed by atoms with Crippen molar-refractivity contribution in [2.75, 3.05) is 7.11 Å². The fourth-order valence-electron chi connectivity index (χ4n) is 4.25. The summed E-state index contributed by atoms with van der Waals surface area (Å²) < 4.78 is 12.1. The van der Waals surface area contributed by atoms with Gasteiger partial charge in [0.2, 0.25) is 0 Å². The van der Waals surface area contributed by atoms with Crippen LogP contribution in [0.2, 0.25) is 0 Å². The van der Waals surface area contributed by atoms with Crippen molar-refractivity contribution in [2.24, 2.45) is 0 Å². The normalized spacial score (nSPS) is 18.1. The van der Waals surface area contributed by atoms with Gasteiger partial charge in [-0.25, -0.2) is 4.79 Å². The van der Waals surface area contributed by atoms with Gasteiger partial charge in [0.15, 0.2) is 11.5 Å². The van der Waals surface area contributed by atoms with Crippen molar-refractivity contribution >= 4 is 39.9 Å². The molecule has 2 fully saturated rings. The Morgan fingerprint density at radius 3 is 2.61 bits per heavy atom. The number of ether oxygens (including phenoxy) is 2. The van der Waals surface area contributed by atoms with E-state index in [4.69, 9.17) is 9.47 Å². The molecule has 4 amide bonds. The van der Waals surface area contributed by atoms with Crippen LogP contribution in [0.1, 0.15) is 42.4 Å². The monoisotopic (exact) mass is 512 g/mol. The van der Waals surface area contributed by atoms with Gasteiger partial charge in [0.25, 0.3) is 11.8 Å². The number of imide groups is 2. The van der Waals surface area contributed by atoms with Gasteiger partial charge in [-0.3, -0.25) is 19.8 Å². The lowest BCUT2D eigenvalue weighted by Gasteiger charge is -2.31. The maximum absolute atomic E-state index is 13.0. The predicted octanol–water partition coefficient (Wildman–Crippen LogP) is 4.75. The van der Waals surface area contributed by atoms with Crippen LogP contribution in [0.3, 0.4) is 0 Å². The molecular formula is C25H25BrN2O5. The van der Waals surface area contributed by atoms with Gasteiger partial charge in [0.05, 0.1) is 11.6 Å². The number of nitrogens with zero attached hydrogens (tertiary/aromatic N) is 1. The molecular weight excluding hydrogens is 488 g/mol. The lowest BCUT2D eigenvalue weighted by molar-refractivity contribution is -0.131. The van der Waals surface area contributed by atoms with Crippen LogP contribution in [0.5, 0.6) is 11.5 Å². The van der Waals surface area contributed by atoms with Crippen molar-refractivity contribution in [1.82, 2.24) is 10.2 Å². The highest BCUT2D eigenvalue weighted by Crippen LogP contribution is 2.38. The van der Waals surface area contributed by atoms with Crippen molar-refractivity contribution in [3.8, 4) is 11.5 Å². The number of benzene rings is 2. The summed E-state index contributed by atoms with van der Waals surface area (Å²) in [5.74, 6) is -0.292. The first-order valence-corrected chi connectivity index (χ1v) is 11.6. The zero-order valence-corrected chi connectivity index (χ0v) is 20.1. The summed E-state index contributed by atoms with van der Waals surface area (Å²) in [5.41, 5.74) is 2.66. The summed E-state index contributed by atoms with van der Waals surface area (Å²) in [6.07, 6.45) is 4.91. The Kier molecular flexibility index (Phi) is 6.83. The molecule has 0 atom stereocenters. The Hall–Kier alpha value is -3.13. The van der Waals surface area contributed by atoms with Gasteiger partial charge in [-0.05, 0) is 65.0 Å². The second-order valence-corrected chi connectivity index (χ2v) is 9.10. The highest BCUT2D eigenvalue weighted by atomic mass is 79.9. The zero-order valence-electron chi connectivity index (χ0n) is 18.5. The molecule has 1 N–H and O–H groups in total. The quantitative estimate of drug-likeness (QED) is 0.445. The van der Waals surface area contributed by atoms with E-state index in [1.807, 2.05) is 31.2 Å². The predicted molar refractivity (Wildman–Crippen MR) is 127 cm³/mol. The van der Waals surface area contributed by atoms with E-state index in [1.165, 1.54) is 18.1 Å². The Labute approximate surface area is 200 Å². The lowest BCUT2D eigenvalue weighted by atomic mass is 10.0. The van der Waals surface area contributed by atoms with Crippen LogP contribution in [-0.2, 0) is 16.2 Å². The van der Waals surface area contributed by atoms with Gasteiger partial charge < -0.3 is 9.47 Å². The standard InChI is InChI=1S/C25H25BrN2O5/c1-15-6-5-7-16(10-15)14-33-22-20(26)12-17(13-21(22)32-2)11-19-23(29)27-25(31)28(24(19)30)18-8-3-4-9-18/h5-7,10-13,18H,3-4,8-9,14H2,1-2H3,(H,27,29,31)/b19-11+. The van der Waals surface area contributed by atoms with E-state index in [-0.39, 0.29) is 11.6 Å². The number of urea groups is 1. The molecule has 33 heavy (non-hydrogen) atoms. The van der Waals surface area contributed by atoms with E-state index in [0.717, 1.165) is 36.8 Å². The Balaban J connectivity index is 1.60. The first kappa shape index (κ1) is 23.0. The molecule has 1 aliphatic heterocycles. The fraction of sp³-hybridized carbons (Fsp3) is 0.320. The molecule has 2 aliphatic rings. The Morgan fingerprint density at radius 2 is 1.91 bits per heavy atom. The molecule has 4 rings (SSSR count). The van der Waals surface area contributed by atoms with E-state index >= 15 is 0 Å². The third kappa shape index (κ3) is 4.95. The molecule has 1 aliphatic carbocycles. The summed E-state index contributed by atoms with van der Waals surface area (Å²) >= 11 is 3.51. The van der Waals surface area contributed by atoms with E-state index in [0.29, 0.717) is 28.1 Å². The molecule has 0 unspecified atom stereocenters. The number of barbiturate groups is 1. The lowest BCUT2D eigenvalue weighted by Crippen LogP contribution is -2.57. The van der Waals surface area contributed by atoms with Crippen LogP contribution in [0.25, 0.3) is 6.08 Å². The van der Waals surface area contributed by atoms with Gasteiger partial charge in [-0.1, -0.05) is 42.7 Å². The molecule has 1 saturated heterocycles. The third-order valence-corrected chi connectivity index (χ3v) is 6.44. The summed E-state index contributed by atoms with van der Waals surface area (Å²) in [6, 6.07) is 10.6. The second kappa shape index (κ2) is 9.79. The third-order valence-electron chi connectivity index (χ3n) is 5.85.